The molecule has 1 fully saturated rings. The van der Waals surface area contributed by atoms with E-state index >= 15 is 0 Å². The quantitative estimate of drug-likeness (QED) is 0.831. The van der Waals surface area contributed by atoms with Gasteiger partial charge in [-0.25, -0.2) is 13.6 Å². The van der Waals surface area contributed by atoms with Crippen LogP contribution in [-0.4, -0.2) is 30.9 Å². The van der Waals surface area contributed by atoms with Gasteiger partial charge in [-0.15, -0.1) is 11.8 Å². The summed E-state index contributed by atoms with van der Waals surface area (Å²) < 4.78 is 27.0. The van der Waals surface area contributed by atoms with Gasteiger partial charge >= 0.3 is 6.03 Å². The minimum Gasteiger partial charge on any atom is -0.367 e. The van der Waals surface area contributed by atoms with Gasteiger partial charge in [0.15, 0.2) is 0 Å². The Morgan fingerprint density at radius 2 is 1.96 bits per heavy atom. The number of carbonyl (C=O) groups is 1. The average Bonchev–Trinajstić information content (AvgIpc) is 3.10. The molecule has 4 rings (SSSR count). The van der Waals surface area contributed by atoms with Crippen molar-refractivity contribution in [2.24, 2.45) is 0 Å². The van der Waals surface area contributed by atoms with E-state index in [1.807, 2.05) is 28.8 Å². The number of nitrogens with one attached hydrogen (secondary N) is 2. The summed E-state index contributed by atoms with van der Waals surface area (Å²) in [4.78, 5) is 15.5. The fourth-order valence-electron chi connectivity index (χ4n) is 3.71. The van der Waals surface area contributed by atoms with E-state index in [-0.39, 0.29) is 18.1 Å². The molecule has 7 heteroatoms. The lowest BCUT2D eigenvalue weighted by Gasteiger charge is -2.26. The molecule has 0 saturated carbocycles. The molecule has 2 unspecified atom stereocenters. The first-order chi connectivity index (χ1) is 13.1. The zero-order chi connectivity index (χ0) is 18.8. The van der Waals surface area contributed by atoms with Gasteiger partial charge in [0.25, 0.3) is 0 Å². The highest BCUT2D eigenvalue weighted by Crippen LogP contribution is 2.35. The molecule has 4 nitrogen and oxygen atoms in total. The third kappa shape index (κ3) is 4.03. The van der Waals surface area contributed by atoms with Crippen LogP contribution in [0.5, 0.6) is 0 Å². The summed E-state index contributed by atoms with van der Waals surface area (Å²) in [5, 5.41) is 6.06. The maximum absolute atomic E-state index is 14.0. The summed E-state index contributed by atoms with van der Waals surface area (Å²) in [7, 11) is 0. The van der Waals surface area contributed by atoms with Gasteiger partial charge in [-0.3, -0.25) is 0 Å². The summed E-state index contributed by atoms with van der Waals surface area (Å²) in [6.45, 7) is 1.13. The SMILES string of the molecule is O=C(NC1CCN(c2ccc(F)cc2F)C1)NC1CCSc2ccccc21. The van der Waals surface area contributed by atoms with Crippen LogP contribution < -0.4 is 15.5 Å². The second kappa shape index (κ2) is 7.76. The number of urea groups is 1. The molecule has 2 N–H and O–H groups in total. The van der Waals surface area contributed by atoms with Crippen molar-refractivity contribution < 1.29 is 13.6 Å². The highest BCUT2D eigenvalue weighted by molar-refractivity contribution is 7.99. The lowest BCUT2D eigenvalue weighted by atomic mass is 10.0. The van der Waals surface area contributed by atoms with Gasteiger partial charge in [0.1, 0.15) is 11.6 Å². The van der Waals surface area contributed by atoms with Crippen LogP contribution in [0.1, 0.15) is 24.4 Å². The highest BCUT2D eigenvalue weighted by atomic mass is 32.2. The first-order valence-electron chi connectivity index (χ1n) is 9.09. The normalized spacial score (nSPS) is 21.6. The molecule has 0 aliphatic carbocycles. The summed E-state index contributed by atoms with van der Waals surface area (Å²) in [5.41, 5.74) is 1.53. The molecule has 27 heavy (non-hydrogen) atoms. The van der Waals surface area contributed by atoms with Crippen molar-refractivity contribution in [3.05, 3.63) is 59.7 Å². The minimum atomic E-state index is -0.588. The molecule has 142 valence electrons. The van der Waals surface area contributed by atoms with Crippen molar-refractivity contribution >= 4 is 23.5 Å². The highest BCUT2D eigenvalue weighted by Gasteiger charge is 2.27. The molecular formula is C20H21F2N3OS. The number of hydrogen-bond donors (Lipinski definition) is 2. The van der Waals surface area contributed by atoms with Gasteiger partial charge in [0.05, 0.1) is 11.7 Å². The number of carbonyl (C=O) groups excluding carboxylic acids is 1. The van der Waals surface area contributed by atoms with Gasteiger partial charge < -0.3 is 15.5 Å². The third-order valence-electron chi connectivity index (χ3n) is 5.04. The first kappa shape index (κ1) is 18.1. The van der Waals surface area contributed by atoms with Crippen LogP contribution in [0.3, 0.4) is 0 Å². The van der Waals surface area contributed by atoms with E-state index in [2.05, 4.69) is 22.8 Å². The molecular weight excluding hydrogens is 368 g/mol. The number of benzene rings is 2. The minimum absolute atomic E-state index is 0.00880. The van der Waals surface area contributed by atoms with E-state index in [1.165, 1.54) is 17.0 Å². The van der Waals surface area contributed by atoms with Gasteiger partial charge in [-0.1, -0.05) is 18.2 Å². The third-order valence-corrected chi connectivity index (χ3v) is 6.16. The zero-order valence-electron chi connectivity index (χ0n) is 14.8. The Balaban J connectivity index is 1.35. The second-order valence-electron chi connectivity index (χ2n) is 6.87. The van der Waals surface area contributed by atoms with Crippen LogP contribution in [0, 0.1) is 11.6 Å². The predicted molar refractivity (Wildman–Crippen MR) is 103 cm³/mol. The van der Waals surface area contributed by atoms with Crippen molar-refractivity contribution in [2.75, 3.05) is 23.7 Å². The van der Waals surface area contributed by atoms with Crippen LogP contribution >= 0.6 is 11.8 Å². The van der Waals surface area contributed by atoms with Gasteiger partial charge in [0, 0.05) is 35.8 Å². The standard InChI is InChI=1S/C20H21F2N3OS/c21-13-5-6-18(16(22)11-13)25-9-7-14(12-25)23-20(26)24-17-8-10-27-19-4-2-1-3-15(17)19/h1-6,11,14,17H,7-10,12H2,(H2,23,24,26). The number of thioether (sulfide) groups is 1. The number of anilines is 1. The van der Waals surface area contributed by atoms with Crippen LogP contribution in [0.2, 0.25) is 0 Å². The molecule has 2 aromatic carbocycles. The maximum Gasteiger partial charge on any atom is 0.315 e. The molecule has 2 aromatic rings. The summed E-state index contributed by atoms with van der Waals surface area (Å²) in [5.74, 6) is -0.185. The van der Waals surface area contributed by atoms with Gasteiger partial charge in [-0.05, 0) is 36.6 Å². The van der Waals surface area contributed by atoms with Gasteiger partial charge in [-0.2, -0.15) is 0 Å². The molecule has 2 amide bonds. The molecule has 0 radical (unpaired) electrons. The lowest BCUT2D eigenvalue weighted by molar-refractivity contribution is 0.233. The number of rotatable bonds is 3. The monoisotopic (exact) mass is 389 g/mol. The number of halogens is 2. The predicted octanol–water partition coefficient (Wildman–Crippen LogP) is 4.08. The average molecular weight is 389 g/mol. The summed E-state index contributed by atoms with van der Waals surface area (Å²) in [6.07, 6.45) is 1.62. The Labute approximate surface area is 161 Å². The number of fused-ring (bicyclic) bond motifs is 1. The molecule has 1 saturated heterocycles. The number of nitrogens with zero attached hydrogens (tertiary/aromatic N) is 1. The Kier molecular flexibility index (Phi) is 5.20. The van der Waals surface area contributed by atoms with E-state index in [0.29, 0.717) is 18.8 Å². The van der Waals surface area contributed by atoms with E-state index in [0.717, 1.165) is 30.2 Å². The fourth-order valence-corrected chi connectivity index (χ4v) is 4.84. The van der Waals surface area contributed by atoms with Crippen LogP contribution in [0.4, 0.5) is 19.3 Å². The second-order valence-corrected chi connectivity index (χ2v) is 8.01. The molecule has 2 aliphatic rings. The first-order valence-corrected chi connectivity index (χ1v) is 10.1. The van der Waals surface area contributed by atoms with Crippen molar-refractivity contribution in [1.29, 1.82) is 0 Å². The topological polar surface area (TPSA) is 44.4 Å². The molecule has 0 bridgehead atoms. The van der Waals surface area contributed by atoms with Crippen molar-refractivity contribution in [3.8, 4) is 0 Å². The number of amides is 2. The Bertz CT molecular complexity index is 848. The van der Waals surface area contributed by atoms with Crippen LogP contribution in [0.15, 0.2) is 47.4 Å². The molecule has 0 aromatic heterocycles. The van der Waals surface area contributed by atoms with Crippen LogP contribution in [0.25, 0.3) is 0 Å². The van der Waals surface area contributed by atoms with E-state index in [9.17, 15) is 13.6 Å². The van der Waals surface area contributed by atoms with Crippen molar-refractivity contribution in [3.63, 3.8) is 0 Å². The van der Waals surface area contributed by atoms with E-state index in [4.69, 9.17) is 0 Å². The molecule has 2 heterocycles. The number of hydrogen-bond acceptors (Lipinski definition) is 3. The summed E-state index contributed by atoms with van der Waals surface area (Å²) >= 11 is 1.81. The summed E-state index contributed by atoms with van der Waals surface area (Å²) in [6, 6.07) is 11.5. The van der Waals surface area contributed by atoms with Crippen LogP contribution in [-0.2, 0) is 0 Å². The van der Waals surface area contributed by atoms with E-state index in [1.54, 1.807) is 0 Å². The lowest BCUT2D eigenvalue weighted by Crippen LogP contribution is -2.45. The maximum atomic E-state index is 14.0. The fraction of sp³-hybridized carbons (Fsp3) is 0.350. The van der Waals surface area contributed by atoms with Crippen molar-refractivity contribution in [2.45, 2.75) is 29.8 Å². The zero-order valence-corrected chi connectivity index (χ0v) is 15.6. The molecule has 2 aliphatic heterocycles. The largest absolute Gasteiger partial charge is 0.367 e. The smallest absolute Gasteiger partial charge is 0.315 e. The van der Waals surface area contributed by atoms with Crippen molar-refractivity contribution in [1.82, 2.24) is 10.6 Å². The Morgan fingerprint density at radius 3 is 2.81 bits per heavy atom. The molecule has 0 spiro atoms. The van der Waals surface area contributed by atoms with Gasteiger partial charge in [0.2, 0.25) is 0 Å². The van der Waals surface area contributed by atoms with E-state index < -0.39 is 11.6 Å². The Hall–Kier alpha value is -2.28. The molecule has 2 atom stereocenters. The Morgan fingerprint density at radius 1 is 1.11 bits per heavy atom.